The van der Waals surface area contributed by atoms with Gasteiger partial charge in [-0.15, -0.1) is 0 Å². The lowest BCUT2D eigenvalue weighted by molar-refractivity contribution is 0.181. The Balaban J connectivity index is 2.17. The van der Waals surface area contributed by atoms with E-state index >= 15 is 0 Å². The molecule has 4 nitrogen and oxygen atoms in total. The number of nitrogens with two attached hydrogens (primary N) is 1. The first-order valence-electron chi connectivity index (χ1n) is 6.78. The van der Waals surface area contributed by atoms with Crippen LogP contribution < -0.4 is 5.73 Å². The van der Waals surface area contributed by atoms with E-state index in [2.05, 4.69) is 5.10 Å². The lowest BCUT2D eigenvalue weighted by Gasteiger charge is -2.05. The Morgan fingerprint density at radius 1 is 1.00 bits per heavy atom. The number of para-hydroxylation sites is 1. The van der Waals surface area contributed by atoms with E-state index in [0.717, 1.165) is 22.5 Å². The number of aromatic nitrogens is 2. The van der Waals surface area contributed by atoms with Crippen LogP contribution in [0.2, 0.25) is 0 Å². The molecule has 4 heteroatoms. The number of ether oxygens (including phenoxy) is 1. The number of nitrogens with zero attached hydrogens (tertiary/aromatic N) is 2. The first-order chi connectivity index (χ1) is 10.3. The van der Waals surface area contributed by atoms with Gasteiger partial charge in [0.1, 0.15) is 5.82 Å². The summed E-state index contributed by atoms with van der Waals surface area (Å²) in [5, 5.41) is 4.61. The van der Waals surface area contributed by atoms with Crippen molar-refractivity contribution in [3.05, 3.63) is 66.4 Å². The zero-order chi connectivity index (χ0) is 14.7. The van der Waals surface area contributed by atoms with Gasteiger partial charge < -0.3 is 10.5 Å². The average Bonchev–Trinajstić information content (AvgIpc) is 2.86. The molecule has 2 aromatic carbocycles. The van der Waals surface area contributed by atoms with Gasteiger partial charge in [0.2, 0.25) is 0 Å². The topological polar surface area (TPSA) is 53.1 Å². The normalized spacial score (nSPS) is 10.7. The van der Waals surface area contributed by atoms with Gasteiger partial charge in [-0.05, 0) is 17.7 Å². The zero-order valence-electron chi connectivity index (χ0n) is 11.9. The van der Waals surface area contributed by atoms with E-state index < -0.39 is 0 Å². The molecule has 0 saturated carbocycles. The van der Waals surface area contributed by atoms with Gasteiger partial charge in [-0.25, -0.2) is 4.68 Å². The third-order valence-corrected chi connectivity index (χ3v) is 3.34. The highest BCUT2D eigenvalue weighted by Gasteiger charge is 2.17. The molecule has 0 aliphatic carbocycles. The molecule has 0 radical (unpaired) electrons. The smallest absolute Gasteiger partial charge is 0.135 e. The van der Waals surface area contributed by atoms with Gasteiger partial charge in [0, 0.05) is 12.7 Å². The highest BCUT2D eigenvalue weighted by atomic mass is 16.5. The van der Waals surface area contributed by atoms with Crippen LogP contribution in [0.5, 0.6) is 0 Å². The molecule has 2 N–H and O–H groups in total. The largest absolute Gasteiger partial charge is 0.383 e. The molecule has 0 unspecified atom stereocenters. The van der Waals surface area contributed by atoms with E-state index in [9.17, 15) is 0 Å². The van der Waals surface area contributed by atoms with Crippen molar-refractivity contribution >= 4 is 5.82 Å². The lowest BCUT2D eigenvalue weighted by atomic mass is 10.1. The third kappa shape index (κ3) is 2.53. The summed E-state index contributed by atoms with van der Waals surface area (Å²) in [5.41, 5.74) is 10.1. The number of benzene rings is 2. The molecule has 0 aliphatic heterocycles. The molecular formula is C17H17N3O. The van der Waals surface area contributed by atoms with Crippen molar-refractivity contribution in [3.63, 3.8) is 0 Å². The summed E-state index contributed by atoms with van der Waals surface area (Å²) in [6.45, 7) is 0.425. The Bertz CT molecular complexity index is 721. The molecule has 0 fully saturated rings. The van der Waals surface area contributed by atoms with Gasteiger partial charge in [0.05, 0.1) is 18.0 Å². The van der Waals surface area contributed by atoms with Crippen LogP contribution in [-0.2, 0) is 11.3 Å². The van der Waals surface area contributed by atoms with Crippen molar-refractivity contribution in [2.75, 3.05) is 12.8 Å². The fourth-order valence-electron chi connectivity index (χ4n) is 2.40. The second kappa shape index (κ2) is 5.81. The number of nitrogen functional groups attached to an aromatic ring is 1. The highest BCUT2D eigenvalue weighted by Crippen LogP contribution is 2.31. The maximum atomic E-state index is 6.34. The van der Waals surface area contributed by atoms with Gasteiger partial charge in [-0.1, -0.05) is 48.5 Å². The van der Waals surface area contributed by atoms with Crippen LogP contribution in [-0.4, -0.2) is 16.9 Å². The first-order valence-corrected chi connectivity index (χ1v) is 6.78. The van der Waals surface area contributed by atoms with Gasteiger partial charge in [0.25, 0.3) is 0 Å². The molecule has 0 saturated heterocycles. The van der Waals surface area contributed by atoms with E-state index in [0.29, 0.717) is 12.4 Å². The monoisotopic (exact) mass is 279 g/mol. The van der Waals surface area contributed by atoms with Gasteiger partial charge in [-0.3, -0.25) is 0 Å². The van der Waals surface area contributed by atoms with E-state index in [4.69, 9.17) is 10.5 Å². The van der Waals surface area contributed by atoms with E-state index in [1.54, 1.807) is 11.8 Å². The second-order valence-electron chi connectivity index (χ2n) is 4.75. The van der Waals surface area contributed by atoms with Crippen LogP contribution >= 0.6 is 0 Å². The fourth-order valence-corrected chi connectivity index (χ4v) is 2.40. The standard InChI is InChI=1S/C17H17N3O/c1-21-12-15-16(13-8-4-2-5-9-13)17(18)20(19-15)14-10-6-3-7-11-14/h2-11H,12,18H2,1H3. The minimum atomic E-state index is 0.425. The number of anilines is 1. The Hall–Kier alpha value is -2.59. The van der Waals surface area contributed by atoms with Crippen molar-refractivity contribution in [2.24, 2.45) is 0 Å². The summed E-state index contributed by atoms with van der Waals surface area (Å²) in [5.74, 6) is 0.624. The van der Waals surface area contributed by atoms with Crippen LogP contribution in [0.3, 0.4) is 0 Å². The predicted molar refractivity (Wildman–Crippen MR) is 84.1 cm³/mol. The second-order valence-corrected chi connectivity index (χ2v) is 4.75. The minimum absolute atomic E-state index is 0.425. The highest BCUT2D eigenvalue weighted by molar-refractivity contribution is 5.77. The molecule has 0 bridgehead atoms. The average molecular weight is 279 g/mol. The van der Waals surface area contributed by atoms with Crippen LogP contribution in [0.25, 0.3) is 16.8 Å². The Labute approximate surface area is 123 Å². The Kier molecular flexibility index (Phi) is 3.71. The van der Waals surface area contributed by atoms with E-state index in [1.807, 2.05) is 60.7 Å². The van der Waals surface area contributed by atoms with Crippen molar-refractivity contribution in [3.8, 4) is 16.8 Å². The van der Waals surface area contributed by atoms with Crippen LogP contribution in [0.4, 0.5) is 5.82 Å². The molecule has 3 aromatic rings. The number of hydrogen-bond donors (Lipinski definition) is 1. The van der Waals surface area contributed by atoms with E-state index in [1.165, 1.54) is 0 Å². The maximum Gasteiger partial charge on any atom is 0.135 e. The predicted octanol–water partition coefficient (Wildman–Crippen LogP) is 3.27. The quantitative estimate of drug-likeness (QED) is 0.797. The van der Waals surface area contributed by atoms with Crippen molar-refractivity contribution in [1.82, 2.24) is 9.78 Å². The molecular weight excluding hydrogens is 262 g/mol. The van der Waals surface area contributed by atoms with Crippen LogP contribution in [0, 0.1) is 0 Å². The Morgan fingerprint density at radius 2 is 1.62 bits per heavy atom. The third-order valence-electron chi connectivity index (χ3n) is 3.34. The maximum absolute atomic E-state index is 6.34. The summed E-state index contributed by atoms with van der Waals surface area (Å²) in [6.07, 6.45) is 0. The van der Waals surface area contributed by atoms with Gasteiger partial charge >= 0.3 is 0 Å². The summed E-state index contributed by atoms with van der Waals surface area (Å²) < 4.78 is 7.02. The summed E-state index contributed by atoms with van der Waals surface area (Å²) in [4.78, 5) is 0. The summed E-state index contributed by atoms with van der Waals surface area (Å²) in [7, 11) is 1.66. The van der Waals surface area contributed by atoms with Crippen molar-refractivity contribution in [2.45, 2.75) is 6.61 Å². The lowest BCUT2D eigenvalue weighted by Crippen LogP contribution is -2.02. The minimum Gasteiger partial charge on any atom is -0.383 e. The molecule has 0 amide bonds. The molecule has 0 spiro atoms. The molecule has 21 heavy (non-hydrogen) atoms. The molecule has 0 atom stereocenters. The summed E-state index contributed by atoms with van der Waals surface area (Å²) >= 11 is 0. The van der Waals surface area contributed by atoms with E-state index in [-0.39, 0.29) is 0 Å². The number of rotatable bonds is 4. The molecule has 1 heterocycles. The molecule has 1 aromatic heterocycles. The molecule has 3 rings (SSSR count). The van der Waals surface area contributed by atoms with Gasteiger partial charge in [-0.2, -0.15) is 5.10 Å². The zero-order valence-corrected chi connectivity index (χ0v) is 11.9. The SMILES string of the molecule is COCc1nn(-c2ccccc2)c(N)c1-c1ccccc1. The molecule has 0 aliphatic rings. The fraction of sp³-hybridized carbons (Fsp3) is 0.118. The van der Waals surface area contributed by atoms with Crippen molar-refractivity contribution in [1.29, 1.82) is 0 Å². The number of hydrogen-bond acceptors (Lipinski definition) is 3. The van der Waals surface area contributed by atoms with Gasteiger partial charge in [0.15, 0.2) is 0 Å². The van der Waals surface area contributed by atoms with Crippen LogP contribution in [0.1, 0.15) is 5.69 Å². The first kappa shape index (κ1) is 13.4. The number of methoxy groups -OCH3 is 1. The molecule has 106 valence electrons. The van der Waals surface area contributed by atoms with Crippen molar-refractivity contribution < 1.29 is 4.74 Å². The summed E-state index contributed by atoms with van der Waals surface area (Å²) in [6, 6.07) is 19.9. The van der Waals surface area contributed by atoms with Crippen LogP contribution in [0.15, 0.2) is 60.7 Å². The Morgan fingerprint density at radius 3 is 2.24 bits per heavy atom.